The number of benzene rings is 1. The number of rotatable bonds is 1. The summed E-state index contributed by atoms with van der Waals surface area (Å²) in [7, 11) is 0. The van der Waals surface area contributed by atoms with Crippen molar-refractivity contribution in [3.8, 4) is 6.07 Å². The molecule has 0 aromatic heterocycles. The molecule has 0 saturated carbocycles. The van der Waals surface area contributed by atoms with Gasteiger partial charge in [0.15, 0.2) is 0 Å². The molecule has 0 fully saturated rings. The fourth-order valence-electron chi connectivity index (χ4n) is 1.83. The van der Waals surface area contributed by atoms with Crippen LogP contribution in [-0.2, 0) is 16.0 Å². The summed E-state index contributed by atoms with van der Waals surface area (Å²) >= 11 is 0. The predicted octanol–water partition coefficient (Wildman–Crippen LogP) is 1.06. The van der Waals surface area contributed by atoms with E-state index in [0.717, 1.165) is 5.56 Å². The van der Waals surface area contributed by atoms with Crippen LogP contribution in [-0.4, -0.2) is 18.2 Å². The summed E-state index contributed by atoms with van der Waals surface area (Å²) in [6.07, 6.45) is 0.778. The number of hydrogen-bond acceptors (Lipinski definition) is 3. The molecular weight excluding hydrogens is 204 g/mol. The molecule has 0 aliphatic carbocycles. The molecule has 0 N–H and O–H groups in total. The van der Waals surface area contributed by atoms with Crippen molar-refractivity contribution in [3.05, 3.63) is 29.8 Å². The van der Waals surface area contributed by atoms with Crippen LogP contribution in [0.4, 0.5) is 5.69 Å². The SMILES string of the molecule is N#CCN1C(=O)C(=O)CCc2ccccc21. The Bertz CT molecular complexity index is 488. The Balaban J connectivity index is 2.50. The smallest absolute Gasteiger partial charge is 0.292 e. The molecule has 0 bridgehead atoms. The average molecular weight is 214 g/mol. The topological polar surface area (TPSA) is 61.2 Å². The number of ketones is 1. The van der Waals surface area contributed by atoms with Crippen molar-refractivity contribution in [1.82, 2.24) is 0 Å². The normalized spacial score (nSPS) is 15.3. The third-order valence-corrected chi connectivity index (χ3v) is 2.62. The van der Waals surface area contributed by atoms with Gasteiger partial charge in [-0.15, -0.1) is 0 Å². The molecule has 1 heterocycles. The Hall–Kier alpha value is -2.15. The molecule has 0 atom stereocenters. The third kappa shape index (κ3) is 1.68. The average Bonchev–Trinajstić information content (AvgIpc) is 2.42. The maximum atomic E-state index is 11.7. The Morgan fingerprint density at radius 3 is 2.75 bits per heavy atom. The lowest BCUT2D eigenvalue weighted by atomic mass is 10.1. The molecule has 2 rings (SSSR count). The lowest BCUT2D eigenvalue weighted by molar-refractivity contribution is -0.136. The fourth-order valence-corrected chi connectivity index (χ4v) is 1.83. The molecule has 80 valence electrons. The number of aryl methyl sites for hydroxylation is 1. The highest BCUT2D eigenvalue weighted by molar-refractivity contribution is 6.41. The van der Waals surface area contributed by atoms with Gasteiger partial charge in [0.25, 0.3) is 5.91 Å². The van der Waals surface area contributed by atoms with E-state index >= 15 is 0 Å². The molecule has 0 radical (unpaired) electrons. The van der Waals surface area contributed by atoms with Gasteiger partial charge in [-0.1, -0.05) is 18.2 Å². The summed E-state index contributed by atoms with van der Waals surface area (Å²) < 4.78 is 0. The molecular formula is C12H10N2O2. The summed E-state index contributed by atoms with van der Waals surface area (Å²) in [5, 5.41) is 8.68. The van der Waals surface area contributed by atoms with E-state index in [1.165, 1.54) is 4.90 Å². The molecule has 1 aliphatic rings. The number of amides is 1. The van der Waals surface area contributed by atoms with E-state index in [4.69, 9.17) is 5.26 Å². The number of carbonyl (C=O) groups is 2. The van der Waals surface area contributed by atoms with Crippen LogP contribution in [0.3, 0.4) is 0 Å². The zero-order chi connectivity index (χ0) is 11.5. The minimum absolute atomic E-state index is 0.0818. The Labute approximate surface area is 93.1 Å². The van der Waals surface area contributed by atoms with Crippen LogP contribution < -0.4 is 4.90 Å². The minimum atomic E-state index is -0.577. The molecule has 4 heteroatoms. The maximum absolute atomic E-state index is 11.7. The van der Waals surface area contributed by atoms with Crippen molar-refractivity contribution in [1.29, 1.82) is 5.26 Å². The van der Waals surface area contributed by atoms with Crippen molar-refractivity contribution in [2.24, 2.45) is 0 Å². The summed E-state index contributed by atoms with van der Waals surface area (Å²) in [4.78, 5) is 24.4. The fraction of sp³-hybridized carbons (Fsp3) is 0.250. The first-order valence-corrected chi connectivity index (χ1v) is 5.03. The Morgan fingerprint density at radius 1 is 1.25 bits per heavy atom. The number of para-hydroxylation sites is 1. The molecule has 4 nitrogen and oxygen atoms in total. The molecule has 1 aromatic carbocycles. The number of anilines is 1. The van der Waals surface area contributed by atoms with Crippen molar-refractivity contribution in [3.63, 3.8) is 0 Å². The van der Waals surface area contributed by atoms with Gasteiger partial charge in [0.05, 0.1) is 6.07 Å². The first-order valence-electron chi connectivity index (χ1n) is 5.03. The van der Waals surface area contributed by atoms with Crippen LogP contribution in [0.15, 0.2) is 24.3 Å². The quantitative estimate of drug-likeness (QED) is 0.518. The maximum Gasteiger partial charge on any atom is 0.295 e. The van der Waals surface area contributed by atoms with Crippen molar-refractivity contribution < 1.29 is 9.59 Å². The van der Waals surface area contributed by atoms with Gasteiger partial charge in [-0.25, -0.2) is 0 Å². The van der Waals surface area contributed by atoms with Gasteiger partial charge in [0.2, 0.25) is 5.78 Å². The third-order valence-electron chi connectivity index (χ3n) is 2.62. The van der Waals surface area contributed by atoms with E-state index in [9.17, 15) is 9.59 Å². The van der Waals surface area contributed by atoms with Crippen LogP contribution >= 0.6 is 0 Å². The molecule has 0 saturated heterocycles. The van der Waals surface area contributed by atoms with Crippen molar-refractivity contribution in [2.75, 3.05) is 11.4 Å². The van der Waals surface area contributed by atoms with Crippen molar-refractivity contribution in [2.45, 2.75) is 12.8 Å². The lowest BCUT2D eigenvalue weighted by Gasteiger charge is -2.18. The number of Topliss-reactive ketones (excluding diaryl/α,β-unsaturated/α-hetero) is 1. The Kier molecular flexibility index (Phi) is 2.69. The van der Waals surface area contributed by atoms with Crippen molar-refractivity contribution >= 4 is 17.4 Å². The van der Waals surface area contributed by atoms with Crippen LogP contribution in [0.2, 0.25) is 0 Å². The molecule has 1 amide bonds. The Morgan fingerprint density at radius 2 is 2.00 bits per heavy atom. The van der Waals surface area contributed by atoms with E-state index < -0.39 is 11.7 Å². The molecule has 16 heavy (non-hydrogen) atoms. The lowest BCUT2D eigenvalue weighted by Crippen LogP contribution is -2.35. The van der Waals surface area contributed by atoms with Gasteiger partial charge in [-0.2, -0.15) is 5.26 Å². The van der Waals surface area contributed by atoms with Gasteiger partial charge >= 0.3 is 0 Å². The second-order valence-electron chi connectivity index (χ2n) is 3.60. The summed E-state index contributed by atoms with van der Waals surface area (Å²) in [5.74, 6) is -1.00. The molecule has 1 aliphatic heterocycles. The minimum Gasteiger partial charge on any atom is -0.292 e. The molecule has 0 spiro atoms. The van der Waals surface area contributed by atoms with E-state index in [1.54, 1.807) is 12.1 Å². The monoisotopic (exact) mass is 214 g/mol. The first kappa shape index (κ1) is 10.4. The largest absolute Gasteiger partial charge is 0.295 e. The van der Waals surface area contributed by atoms with Gasteiger partial charge in [0, 0.05) is 12.1 Å². The van der Waals surface area contributed by atoms with E-state index in [0.29, 0.717) is 12.1 Å². The zero-order valence-electron chi connectivity index (χ0n) is 8.64. The highest BCUT2D eigenvalue weighted by Gasteiger charge is 2.27. The van der Waals surface area contributed by atoms with E-state index in [2.05, 4.69) is 0 Å². The van der Waals surface area contributed by atoms with Gasteiger partial charge in [0.1, 0.15) is 6.54 Å². The van der Waals surface area contributed by atoms with E-state index in [-0.39, 0.29) is 13.0 Å². The van der Waals surface area contributed by atoms with Crippen LogP contribution in [0.1, 0.15) is 12.0 Å². The number of carbonyl (C=O) groups excluding carboxylic acids is 2. The summed E-state index contributed by atoms with van der Waals surface area (Å²) in [6.45, 7) is -0.0818. The molecule has 1 aromatic rings. The second kappa shape index (κ2) is 4.15. The van der Waals surface area contributed by atoms with Crippen LogP contribution in [0.5, 0.6) is 0 Å². The highest BCUT2D eigenvalue weighted by Crippen LogP contribution is 2.25. The van der Waals surface area contributed by atoms with Gasteiger partial charge < -0.3 is 0 Å². The number of hydrogen-bond donors (Lipinski definition) is 0. The highest BCUT2D eigenvalue weighted by atomic mass is 16.2. The number of nitrogens with zero attached hydrogens (tertiary/aromatic N) is 2. The zero-order valence-corrected chi connectivity index (χ0v) is 8.64. The summed E-state index contributed by atoms with van der Waals surface area (Å²) in [5.41, 5.74) is 1.62. The van der Waals surface area contributed by atoms with E-state index in [1.807, 2.05) is 18.2 Å². The van der Waals surface area contributed by atoms with Gasteiger partial charge in [-0.3, -0.25) is 14.5 Å². The molecule has 0 unspecified atom stereocenters. The van der Waals surface area contributed by atoms with Crippen LogP contribution in [0, 0.1) is 11.3 Å². The van der Waals surface area contributed by atoms with Gasteiger partial charge in [-0.05, 0) is 18.1 Å². The number of nitriles is 1. The number of fused-ring (bicyclic) bond motifs is 1. The van der Waals surface area contributed by atoms with Crippen LogP contribution in [0.25, 0.3) is 0 Å². The standard InChI is InChI=1S/C12H10N2O2/c13-7-8-14-10-4-2-1-3-9(10)5-6-11(15)12(14)16/h1-4H,5-6,8H2. The summed E-state index contributed by atoms with van der Waals surface area (Å²) in [6, 6.07) is 9.22. The first-order chi connectivity index (χ1) is 7.74. The second-order valence-corrected chi connectivity index (χ2v) is 3.60. The predicted molar refractivity (Wildman–Crippen MR) is 57.7 cm³/mol.